The molecule has 0 aliphatic heterocycles. The number of fused-ring (bicyclic) bond motifs is 2. The number of benzene rings is 2. The number of ether oxygens (including phenoxy) is 1. The van der Waals surface area contributed by atoms with Crippen LogP contribution in [0.1, 0.15) is 33.1 Å². The van der Waals surface area contributed by atoms with Crippen molar-refractivity contribution >= 4 is 50.7 Å². The Morgan fingerprint density at radius 2 is 1.90 bits per heavy atom. The van der Waals surface area contributed by atoms with Crippen LogP contribution in [0.15, 0.2) is 36.4 Å². The first-order chi connectivity index (χ1) is 14.5. The van der Waals surface area contributed by atoms with E-state index in [2.05, 4.69) is 30.1 Å². The van der Waals surface area contributed by atoms with Gasteiger partial charge in [0.2, 0.25) is 0 Å². The molecule has 0 amide bonds. The molecule has 1 atom stereocenters. The van der Waals surface area contributed by atoms with Crippen molar-refractivity contribution in [1.29, 1.82) is 0 Å². The minimum Gasteiger partial charge on any atom is -0.497 e. The van der Waals surface area contributed by atoms with Gasteiger partial charge < -0.3 is 15.0 Å². The molecule has 4 nitrogen and oxygen atoms in total. The molecule has 6 heteroatoms. The van der Waals surface area contributed by atoms with Gasteiger partial charge in [-0.3, -0.25) is 0 Å². The summed E-state index contributed by atoms with van der Waals surface area (Å²) < 4.78 is 5.46. The molecule has 0 aliphatic carbocycles. The Balaban J connectivity index is 1.83. The van der Waals surface area contributed by atoms with Crippen molar-refractivity contribution in [3.63, 3.8) is 0 Å². The highest BCUT2D eigenvalue weighted by Gasteiger charge is 2.13. The molecule has 1 heterocycles. The normalized spacial score (nSPS) is 12.6. The highest BCUT2D eigenvalue weighted by atomic mass is 35.5. The van der Waals surface area contributed by atoms with E-state index >= 15 is 0 Å². The van der Waals surface area contributed by atoms with Gasteiger partial charge in [0.15, 0.2) is 0 Å². The van der Waals surface area contributed by atoms with Crippen molar-refractivity contribution < 1.29 is 4.74 Å². The molecule has 3 rings (SSSR count). The predicted molar refractivity (Wildman–Crippen MR) is 131 cm³/mol. The number of hydrogen-bond acceptors (Lipinski definition) is 4. The maximum Gasteiger partial charge on any atom is 0.119 e. The molecule has 0 aliphatic rings. The first kappa shape index (κ1) is 22.9. The van der Waals surface area contributed by atoms with Gasteiger partial charge >= 0.3 is 0 Å². The molecular formula is C24H31Cl2N3O. The van der Waals surface area contributed by atoms with Crippen LogP contribution < -0.4 is 10.1 Å². The number of hydrogen-bond donors (Lipinski definition) is 1. The molecule has 1 N–H and O–H groups in total. The lowest BCUT2D eigenvalue weighted by atomic mass is 10.1. The minimum absolute atomic E-state index is 0.320. The molecule has 30 heavy (non-hydrogen) atoms. The maximum atomic E-state index is 6.23. The van der Waals surface area contributed by atoms with Gasteiger partial charge in [-0.2, -0.15) is 0 Å². The number of nitrogens with one attached hydrogen (secondary N) is 1. The average molecular weight is 448 g/mol. The molecule has 0 saturated carbocycles. The van der Waals surface area contributed by atoms with Crippen molar-refractivity contribution in [3.8, 4) is 5.75 Å². The second kappa shape index (κ2) is 11.0. The zero-order valence-corrected chi connectivity index (χ0v) is 19.6. The van der Waals surface area contributed by atoms with Crippen molar-refractivity contribution in [2.24, 2.45) is 0 Å². The minimum atomic E-state index is 0.320. The predicted octanol–water partition coefficient (Wildman–Crippen LogP) is 6.58. The Labute approximate surface area is 189 Å². The van der Waals surface area contributed by atoms with Crippen molar-refractivity contribution in [1.82, 2.24) is 9.88 Å². The lowest BCUT2D eigenvalue weighted by molar-refractivity contribution is 0.282. The monoisotopic (exact) mass is 447 g/mol. The van der Waals surface area contributed by atoms with Crippen LogP contribution in [0, 0.1) is 0 Å². The summed E-state index contributed by atoms with van der Waals surface area (Å²) in [5.74, 6) is 1.51. The van der Waals surface area contributed by atoms with Crippen LogP contribution >= 0.6 is 23.2 Å². The Bertz CT molecular complexity index is 973. The third-order valence-electron chi connectivity index (χ3n) is 5.39. The number of rotatable bonds is 11. The first-order valence-electron chi connectivity index (χ1n) is 10.7. The van der Waals surface area contributed by atoms with Crippen molar-refractivity contribution in [2.45, 2.75) is 39.2 Å². The molecule has 162 valence electrons. The third-order valence-corrected chi connectivity index (χ3v) is 5.79. The quantitative estimate of drug-likeness (QED) is 0.266. The summed E-state index contributed by atoms with van der Waals surface area (Å²) in [7, 11) is 1.69. The van der Waals surface area contributed by atoms with E-state index in [1.54, 1.807) is 7.11 Å². The number of anilines is 1. The second-order valence-corrected chi connectivity index (χ2v) is 8.56. The summed E-state index contributed by atoms with van der Waals surface area (Å²) in [6, 6.07) is 12.2. The summed E-state index contributed by atoms with van der Waals surface area (Å²) in [6.07, 6.45) is 3.36. The number of alkyl halides is 1. The summed E-state index contributed by atoms with van der Waals surface area (Å²) in [5.41, 5.74) is 2.91. The molecule has 0 saturated heterocycles. The van der Waals surface area contributed by atoms with E-state index < -0.39 is 0 Å². The van der Waals surface area contributed by atoms with E-state index in [0.717, 1.165) is 72.1 Å². The zero-order chi connectivity index (χ0) is 21.5. The van der Waals surface area contributed by atoms with Crippen molar-refractivity contribution in [3.05, 3.63) is 41.4 Å². The van der Waals surface area contributed by atoms with Gasteiger partial charge in [-0.25, -0.2) is 4.98 Å². The largest absolute Gasteiger partial charge is 0.497 e. The summed E-state index contributed by atoms with van der Waals surface area (Å²) >= 11 is 12.2. The van der Waals surface area contributed by atoms with Crippen LogP contribution in [0.3, 0.4) is 0 Å². The van der Waals surface area contributed by atoms with Crippen LogP contribution in [0.5, 0.6) is 5.75 Å². The third kappa shape index (κ3) is 5.69. The number of pyridine rings is 1. The van der Waals surface area contributed by atoms with Gasteiger partial charge in [-0.1, -0.05) is 18.5 Å². The van der Waals surface area contributed by atoms with Gasteiger partial charge in [-0.05, 0) is 75.7 Å². The van der Waals surface area contributed by atoms with Crippen molar-refractivity contribution in [2.75, 3.05) is 37.9 Å². The van der Waals surface area contributed by atoms with Crippen LogP contribution in [0.2, 0.25) is 5.02 Å². The molecular weight excluding hydrogens is 417 g/mol. The van der Waals surface area contributed by atoms with Crippen LogP contribution in [0.4, 0.5) is 5.69 Å². The van der Waals surface area contributed by atoms with E-state index in [-0.39, 0.29) is 0 Å². The van der Waals surface area contributed by atoms with E-state index in [4.69, 9.17) is 32.9 Å². The number of aromatic nitrogens is 1. The Morgan fingerprint density at radius 3 is 2.63 bits per heavy atom. The lowest BCUT2D eigenvalue weighted by Crippen LogP contribution is -2.29. The summed E-state index contributed by atoms with van der Waals surface area (Å²) in [6.45, 7) is 7.59. The molecule has 3 aromatic rings. The van der Waals surface area contributed by atoms with Gasteiger partial charge in [-0.15, -0.1) is 11.6 Å². The molecule has 1 unspecified atom stereocenters. The fraction of sp³-hybridized carbons (Fsp3) is 0.458. The Morgan fingerprint density at radius 1 is 1.07 bits per heavy atom. The lowest BCUT2D eigenvalue weighted by Gasteiger charge is -2.23. The molecule has 0 spiro atoms. The number of nitrogens with zero attached hydrogens (tertiary/aromatic N) is 2. The van der Waals surface area contributed by atoms with Gasteiger partial charge in [0.05, 0.1) is 23.8 Å². The molecule has 0 radical (unpaired) electrons. The average Bonchev–Trinajstić information content (AvgIpc) is 2.73. The van der Waals surface area contributed by atoms with Crippen LogP contribution in [-0.2, 0) is 0 Å². The second-order valence-electron chi connectivity index (χ2n) is 7.75. The van der Waals surface area contributed by atoms with Gasteiger partial charge in [0.1, 0.15) is 5.75 Å². The summed E-state index contributed by atoms with van der Waals surface area (Å²) in [5, 5.41) is 6.58. The smallest absolute Gasteiger partial charge is 0.119 e. The Kier molecular flexibility index (Phi) is 8.43. The SMILES string of the molecule is CCCN(CCCl)CCCC(C)Nc1c2ccc(Cl)cc2nc2ccc(OC)cc12. The number of methoxy groups -OCH3 is 1. The van der Waals surface area contributed by atoms with E-state index in [1.165, 1.54) is 0 Å². The van der Waals surface area contributed by atoms with Crippen LogP contribution in [-0.4, -0.2) is 48.5 Å². The zero-order valence-electron chi connectivity index (χ0n) is 18.0. The highest BCUT2D eigenvalue weighted by Crippen LogP contribution is 2.34. The Hall–Kier alpha value is -1.75. The van der Waals surface area contributed by atoms with E-state index in [1.807, 2.05) is 30.3 Å². The fourth-order valence-electron chi connectivity index (χ4n) is 3.89. The van der Waals surface area contributed by atoms with Crippen LogP contribution in [0.25, 0.3) is 21.8 Å². The first-order valence-corrected chi connectivity index (χ1v) is 11.6. The highest BCUT2D eigenvalue weighted by molar-refractivity contribution is 6.31. The molecule has 0 bridgehead atoms. The number of halogens is 2. The molecule has 0 fully saturated rings. The standard InChI is InChI=1S/C24H31Cl2N3O/c1-4-12-29(14-11-25)13-5-6-17(2)27-24-20-9-7-18(26)15-23(20)28-22-10-8-19(30-3)16-21(22)24/h7-10,15-17H,4-6,11-14H2,1-3H3,(H,27,28). The fourth-order valence-corrected chi connectivity index (χ4v) is 4.30. The molecule has 2 aromatic carbocycles. The maximum absolute atomic E-state index is 6.23. The molecule has 1 aromatic heterocycles. The van der Waals surface area contributed by atoms with E-state index in [0.29, 0.717) is 16.9 Å². The summed E-state index contributed by atoms with van der Waals surface area (Å²) in [4.78, 5) is 7.26. The topological polar surface area (TPSA) is 37.4 Å². The van der Waals surface area contributed by atoms with Gasteiger partial charge in [0.25, 0.3) is 0 Å². The van der Waals surface area contributed by atoms with Gasteiger partial charge in [0, 0.05) is 34.3 Å². The van der Waals surface area contributed by atoms with E-state index in [9.17, 15) is 0 Å².